The van der Waals surface area contributed by atoms with E-state index in [0.717, 1.165) is 12.0 Å². The number of benzene rings is 3. The Morgan fingerprint density at radius 2 is 1.77 bits per heavy atom. The van der Waals surface area contributed by atoms with Crippen LogP contribution in [0.3, 0.4) is 0 Å². The lowest BCUT2D eigenvalue weighted by molar-refractivity contribution is -0.118. The fourth-order valence-corrected chi connectivity index (χ4v) is 3.22. The van der Waals surface area contributed by atoms with Crippen molar-refractivity contribution >= 4 is 22.6 Å². The van der Waals surface area contributed by atoms with Crippen LogP contribution in [0.1, 0.15) is 12.5 Å². The molecular formula is C25H20FNO4. The molecule has 6 heteroatoms. The first-order valence-corrected chi connectivity index (χ1v) is 9.88. The Kier molecular flexibility index (Phi) is 5.80. The Labute approximate surface area is 178 Å². The van der Waals surface area contributed by atoms with Crippen LogP contribution in [-0.2, 0) is 11.2 Å². The molecule has 1 N–H and O–H groups in total. The van der Waals surface area contributed by atoms with E-state index in [1.165, 1.54) is 24.3 Å². The van der Waals surface area contributed by atoms with Crippen LogP contribution < -0.4 is 15.5 Å². The molecule has 4 rings (SSSR count). The molecule has 0 aliphatic heterocycles. The normalized spacial score (nSPS) is 10.8. The fourth-order valence-electron chi connectivity index (χ4n) is 3.22. The number of anilines is 1. The van der Waals surface area contributed by atoms with Crippen LogP contribution in [0.15, 0.2) is 82.0 Å². The Balaban J connectivity index is 1.68. The molecule has 31 heavy (non-hydrogen) atoms. The zero-order chi connectivity index (χ0) is 21.8. The molecule has 0 bridgehead atoms. The molecule has 0 aliphatic rings. The predicted octanol–water partition coefficient (Wildman–Crippen LogP) is 5.18. The standard InChI is InChI=1S/C25H20FNO4/c1-2-16-8-13-21-20(14-16)23(29)25(24(31-21)17-6-4-3-5-7-17)30-15-22(28)27-19-11-9-18(26)10-12-19/h3-14H,2,15H2,1H3,(H,27,28). The van der Waals surface area contributed by atoms with Gasteiger partial charge in [0.25, 0.3) is 5.91 Å². The van der Waals surface area contributed by atoms with Gasteiger partial charge in [-0.15, -0.1) is 0 Å². The van der Waals surface area contributed by atoms with Crippen molar-refractivity contribution in [3.8, 4) is 17.1 Å². The van der Waals surface area contributed by atoms with Crippen LogP contribution in [0.5, 0.6) is 5.75 Å². The van der Waals surface area contributed by atoms with Gasteiger partial charge in [0.05, 0.1) is 5.39 Å². The van der Waals surface area contributed by atoms with Crippen LogP contribution in [0.4, 0.5) is 10.1 Å². The molecule has 3 aromatic carbocycles. The maximum Gasteiger partial charge on any atom is 0.262 e. The summed E-state index contributed by atoms with van der Waals surface area (Å²) in [7, 11) is 0. The van der Waals surface area contributed by atoms with E-state index in [1.54, 1.807) is 24.3 Å². The van der Waals surface area contributed by atoms with Gasteiger partial charge in [-0.2, -0.15) is 0 Å². The summed E-state index contributed by atoms with van der Waals surface area (Å²) in [5.74, 6) is -0.646. The number of carbonyl (C=O) groups excluding carboxylic acids is 1. The number of amides is 1. The number of ether oxygens (including phenoxy) is 1. The van der Waals surface area contributed by atoms with Crippen molar-refractivity contribution in [2.24, 2.45) is 0 Å². The summed E-state index contributed by atoms with van der Waals surface area (Å²) < 4.78 is 24.7. The topological polar surface area (TPSA) is 68.5 Å². The molecule has 0 saturated heterocycles. The van der Waals surface area contributed by atoms with Crippen molar-refractivity contribution in [3.05, 3.63) is 94.4 Å². The van der Waals surface area contributed by atoms with E-state index in [9.17, 15) is 14.0 Å². The molecular weight excluding hydrogens is 397 g/mol. The summed E-state index contributed by atoms with van der Waals surface area (Å²) in [5, 5.41) is 3.01. The Morgan fingerprint density at radius 1 is 1.03 bits per heavy atom. The summed E-state index contributed by atoms with van der Waals surface area (Å²) in [6, 6.07) is 19.9. The number of rotatable bonds is 6. The second-order valence-corrected chi connectivity index (χ2v) is 6.98. The summed E-state index contributed by atoms with van der Waals surface area (Å²) in [4.78, 5) is 25.6. The molecule has 0 fully saturated rings. The van der Waals surface area contributed by atoms with Crippen LogP contribution >= 0.6 is 0 Å². The highest BCUT2D eigenvalue weighted by Crippen LogP contribution is 2.31. The average molecular weight is 417 g/mol. The number of fused-ring (bicyclic) bond motifs is 1. The van der Waals surface area contributed by atoms with Crippen LogP contribution in [0.25, 0.3) is 22.3 Å². The first-order valence-electron chi connectivity index (χ1n) is 9.88. The molecule has 1 heterocycles. The Hall–Kier alpha value is -3.93. The number of hydrogen-bond acceptors (Lipinski definition) is 4. The first-order chi connectivity index (χ1) is 15.0. The Morgan fingerprint density at radius 3 is 2.48 bits per heavy atom. The monoisotopic (exact) mass is 417 g/mol. The molecule has 0 spiro atoms. The number of nitrogens with one attached hydrogen (secondary N) is 1. The van der Waals surface area contributed by atoms with Gasteiger partial charge < -0.3 is 14.5 Å². The van der Waals surface area contributed by atoms with Crippen molar-refractivity contribution in [1.29, 1.82) is 0 Å². The highest BCUT2D eigenvalue weighted by Gasteiger charge is 2.19. The molecule has 0 aliphatic carbocycles. The van der Waals surface area contributed by atoms with Gasteiger partial charge in [-0.3, -0.25) is 9.59 Å². The maximum absolute atomic E-state index is 13.2. The highest BCUT2D eigenvalue weighted by molar-refractivity contribution is 5.92. The smallest absolute Gasteiger partial charge is 0.262 e. The van der Waals surface area contributed by atoms with E-state index in [2.05, 4.69) is 5.32 Å². The van der Waals surface area contributed by atoms with Crippen LogP contribution in [0.2, 0.25) is 0 Å². The highest BCUT2D eigenvalue weighted by atomic mass is 19.1. The summed E-state index contributed by atoms with van der Waals surface area (Å²) in [6.45, 7) is 1.60. The minimum Gasteiger partial charge on any atom is -0.476 e. The third-order valence-electron chi connectivity index (χ3n) is 4.83. The second kappa shape index (κ2) is 8.83. The van der Waals surface area contributed by atoms with Crippen molar-refractivity contribution in [3.63, 3.8) is 0 Å². The van der Waals surface area contributed by atoms with E-state index in [4.69, 9.17) is 9.15 Å². The molecule has 4 aromatic rings. The SMILES string of the molecule is CCc1ccc2oc(-c3ccccc3)c(OCC(=O)Nc3ccc(F)cc3)c(=O)c2c1. The van der Waals surface area contributed by atoms with Gasteiger partial charge in [-0.05, 0) is 48.4 Å². The molecule has 1 amide bonds. The average Bonchev–Trinajstić information content (AvgIpc) is 2.80. The first kappa shape index (κ1) is 20.3. The minimum absolute atomic E-state index is 0.0267. The van der Waals surface area contributed by atoms with Gasteiger partial charge in [-0.1, -0.05) is 43.3 Å². The van der Waals surface area contributed by atoms with E-state index >= 15 is 0 Å². The molecule has 0 unspecified atom stereocenters. The van der Waals surface area contributed by atoms with E-state index in [-0.39, 0.29) is 16.9 Å². The molecule has 156 valence electrons. The molecule has 0 atom stereocenters. The number of aryl methyl sites for hydroxylation is 1. The number of hydrogen-bond donors (Lipinski definition) is 1. The summed E-state index contributed by atoms with van der Waals surface area (Å²) >= 11 is 0. The number of carbonyl (C=O) groups is 1. The van der Waals surface area contributed by atoms with Gasteiger partial charge in [-0.25, -0.2) is 4.39 Å². The van der Waals surface area contributed by atoms with Gasteiger partial charge >= 0.3 is 0 Å². The summed E-state index contributed by atoms with van der Waals surface area (Å²) in [5.41, 5.74) is 2.19. The predicted molar refractivity (Wildman–Crippen MR) is 118 cm³/mol. The molecule has 1 aromatic heterocycles. The zero-order valence-electron chi connectivity index (χ0n) is 16.9. The van der Waals surface area contributed by atoms with Gasteiger partial charge in [0.2, 0.25) is 11.2 Å². The molecule has 0 radical (unpaired) electrons. The molecule has 0 saturated carbocycles. The molecule has 5 nitrogen and oxygen atoms in total. The zero-order valence-corrected chi connectivity index (χ0v) is 16.9. The fraction of sp³-hybridized carbons (Fsp3) is 0.120. The number of halogens is 1. The third-order valence-corrected chi connectivity index (χ3v) is 4.83. The summed E-state index contributed by atoms with van der Waals surface area (Å²) in [6.07, 6.45) is 0.770. The Bertz CT molecular complexity index is 1280. The minimum atomic E-state index is -0.479. The van der Waals surface area contributed by atoms with E-state index in [0.29, 0.717) is 22.2 Å². The second-order valence-electron chi connectivity index (χ2n) is 6.98. The maximum atomic E-state index is 13.2. The van der Waals surface area contributed by atoms with Crippen molar-refractivity contribution in [1.82, 2.24) is 0 Å². The third kappa shape index (κ3) is 4.48. The van der Waals surface area contributed by atoms with E-state index in [1.807, 2.05) is 31.2 Å². The lowest BCUT2D eigenvalue weighted by Crippen LogP contribution is -2.22. The van der Waals surface area contributed by atoms with Crippen molar-refractivity contribution in [2.45, 2.75) is 13.3 Å². The van der Waals surface area contributed by atoms with Crippen LogP contribution in [0, 0.1) is 5.82 Å². The van der Waals surface area contributed by atoms with Gasteiger partial charge in [0.1, 0.15) is 11.4 Å². The van der Waals surface area contributed by atoms with Gasteiger partial charge in [0.15, 0.2) is 12.4 Å². The van der Waals surface area contributed by atoms with Crippen molar-refractivity contribution in [2.75, 3.05) is 11.9 Å². The van der Waals surface area contributed by atoms with E-state index < -0.39 is 18.3 Å². The quantitative estimate of drug-likeness (QED) is 0.469. The van der Waals surface area contributed by atoms with Gasteiger partial charge in [0, 0.05) is 11.3 Å². The largest absolute Gasteiger partial charge is 0.476 e. The van der Waals surface area contributed by atoms with Crippen LogP contribution in [-0.4, -0.2) is 12.5 Å². The lowest BCUT2D eigenvalue weighted by atomic mass is 10.1. The lowest BCUT2D eigenvalue weighted by Gasteiger charge is -2.12. The van der Waals surface area contributed by atoms with Crippen molar-refractivity contribution < 1.29 is 18.3 Å².